The first-order valence-corrected chi connectivity index (χ1v) is 6.31. The Kier molecular flexibility index (Phi) is 4.15. The van der Waals surface area contributed by atoms with Crippen LogP contribution in [0, 0.1) is 6.92 Å². The summed E-state index contributed by atoms with van der Waals surface area (Å²) < 4.78 is 10.3. The molecule has 0 amide bonds. The molecule has 0 aliphatic heterocycles. The lowest BCUT2D eigenvalue weighted by Crippen LogP contribution is -2.06. The van der Waals surface area contributed by atoms with Crippen molar-refractivity contribution in [3.05, 3.63) is 52.5 Å². The van der Waals surface area contributed by atoms with Crippen molar-refractivity contribution < 1.29 is 14.3 Å². The number of ether oxygens (including phenoxy) is 2. The average molecular weight is 292 g/mol. The van der Waals surface area contributed by atoms with Crippen LogP contribution in [0.25, 0.3) is 0 Å². The Balaban J connectivity index is 2.37. The molecule has 20 heavy (non-hydrogen) atoms. The Hall–Kier alpha value is -2.20. The molecule has 0 unspecified atom stereocenters. The van der Waals surface area contributed by atoms with E-state index in [1.54, 1.807) is 30.3 Å². The van der Waals surface area contributed by atoms with E-state index in [-0.39, 0.29) is 11.3 Å². The van der Waals surface area contributed by atoms with Crippen LogP contribution in [0.4, 0.5) is 5.69 Å². The molecular formula is C15H14ClNO3. The van der Waals surface area contributed by atoms with Crippen LogP contribution in [0.15, 0.2) is 36.4 Å². The molecule has 0 radical (unpaired) electrons. The first-order chi connectivity index (χ1) is 9.52. The number of hydrogen-bond donors (Lipinski definition) is 1. The topological polar surface area (TPSA) is 61.5 Å². The highest BCUT2D eigenvalue weighted by Crippen LogP contribution is 2.34. The smallest absolute Gasteiger partial charge is 0.340 e. The van der Waals surface area contributed by atoms with Gasteiger partial charge in [-0.05, 0) is 36.8 Å². The third kappa shape index (κ3) is 2.86. The highest BCUT2D eigenvalue weighted by molar-refractivity contribution is 6.32. The van der Waals surface area contributed by atoms with Crippen molar-refractivity contribution in [2.24, 2.45) is 0 Å². The zero-order valence-corrected chi connectivity index (χ0v) is 11.9. The van der Waals surface area contributed by atoms with Gasteiger partial charge in [-0.3, -0.25) is 0 Å². The molecule has 5 heteroatoms. The second-order valence-electron chi connectivity index (χ2n) is 4.24. The van der Waals surface area contributed by atoms with Gasteiger partial charge < -0.3 is 15.2 Å². The maximum absolute atomic E-state index is 11.6. The van der Waals surface area contributed by atoms with E-state index in [4.69, 9.17) is 22.1 Å². The van der Waals surface area contributed by atoms with E-state index in [0.717, 1.165) is 5.56 Å². The van der Waals surface area contributed by atoms with Crippen molar-refractivity contribution >= 4 is 23.3 Å². The maximum atomic E-state index is 11.6. The first kappa shape index (κ1) is 14.2. The molecule has 104 valence electrons. The minimum Gasteiger partial charge on any atom is -0.465 e. The number of benzene rings is 2. The molecule has 0 saturated carbocycles. The number of nitrogen functional groups attached to an aromatic ring is 1. The zero-order chi connectivity index (χ0) is 14.7. The molecule has 0 saturated heterocycles. The van der Waals surface area contributed by atoms with Crippen molar-refractivity contribution in [1.29, 1.82) is 0 Å². The molecule has 2 aromatic carbocycles. The molecule has 0 heterocycles. The molecular weight excluding hydrogens is 278 g/mol. The van der Waals surface area contributed by atoms with Gasteiger partial charge in [-0.1, -0.05) is 23.7 Å². The number of esters is 1. The largest absolute Gasteiger partial charge is 0.465 e. The number of para-hydroxylation sites is 1. The Labute approximate surface area is 122 Å². The molecule has 0 aliphatic rings. The highest BCUT2D eigenvalue weighted by Gasteiger charge is 2.14. The van der Waals surface area contributed by atoms with Crippen LogP contribution in [0.3, 0.4) is 0 Å². The number of methoxy groups -OCH3 is 1. The molecule has 0 atom stereocenters. The summed E-state index contributed by atoms with van der Waals surface area (Å²) in [6, 6.07) is 10.3. The summed E-state index contributed by atoms with van der Waals surface area (Å²) >= 11 is 6.10. The summed E-state index contributed by atoms with van der Waals surface area (Å²) in [7, 11) is 1.30. The minimum absolute atomic E-state index is 0.219. The SMILES string of the molecule is COC(=O)c1cccc(Oc2ccc(C)cc2Cl)c1N. The summed E-state index contributed by atoms with van der Waals surface area (Å²) in [6.45, 7) is 1.93. The van der Waals surface area contributed by atoms with Crippen LogP contribution in [-0.4, -0.2) is 13.1 Å². The van der Waals surface area contributed by atoms with E-state index >= 15 is 0 Å². The fourth-order valence-corrected chi connectivity index (χ4v) is 2.00. The molecule has 0 aliphatic carbocycles. The predicted molar refractivity (Wildman–Crippen MR) is 78.5 cm³/mol. The summed E-state index contributed by atoms with van der Waals surface area (Å²) in [4.78, 5) is 11.6. The normalized spacial score (nSPS) is 10.2. The Bertz CT molecular complexity index is 656. The van der Waals surface area contributed by atoms with Crippen molar-refractivity contribution in [3.8, 4) is 11.5 Å². The number of carbonyl (C=O) groups excluding carboxylic acids is 1. The molecule has 2 N–H and O–H groups in total. The summed E-state index contributed by atoms with van der Waals surface area (Å²) in [5.41, 5.74) is 7.42. The van der Waals surface area contributed by atoms with Crippen LogP contribution in [-0.2, 0) is 4.74 Å². The van der Waals surface area contributed by atoms with Crippen molar-refractivity contribution in [2.45, 2.75) is 6.92 Å². The van der Waals surface area contributed by atoms with E-state index < -0.39 is 5.97 Å². The standard InChI is InChI=1S/C15H14ClNO3/c1-9-6-7-12(11(16)8-9)20-13-5-3-4-10(14(13)17)15(18)19-2/h3-8H,17H2,1-2H3. The van der Waals surface area contributed by atoms with Gasteiger partial charge in [-0.25, -0.2) is 4.79 Å². The maximum Gasteiger partial charge on any atom is 0.340 e. The highest BCUT2D eigenvalue weighted by atomic mass is 35.5. The second-order valence-corrected chi connectivity index (χ2v) is 4.65. The molecule has 0 fully saturated rings. The number of halogens is 1. The monoisotopic (exact) mass is 291 g/mol. The van der Waals surface area contributed by atoms with Gasteiger partial charge in [0.2, 0.25) is 0 Å². The molecule has 0 spiro atoms. The quantitative estimate of drug-likeness (QED) is 0.690. The van der Waals surface area contributed by atoms with Gasteiger partial charge in [0.15, 0.2) is 5.75 Å². The Morgan fingerprint density at radius 1 is 1.20 bits per heavy atom. The van der Waals surface area contributed by atoms with Crippen molar-refractivity contribution in [2.75, 3.05) is 12.8 Å². The lowest BCUT2D eigenvalue weighted by atomic mass is 10.1. The van der Waals surface area contributed by atoms with Gasteiger partial charge in [0, 0.05) is 0 Å². The predicted octanol–water partition coefficient (Wildman–Crippen LogP) is 3.81. The second kappa shape index (κ2) is 5.84. The number of rotatable bonds is 3. The van der Waals surface area contributed by atoms with Gasteiger partial charge in [0.25, 0.3) is 0 Å². The van der Waals surface area contributed by atoms with Crippen molar-refractivity contribution in [1.82, 2.24) is 0 Å². The van der Waals surface area contributed by atoms with Gasteiger partial charge in [-0.2, -0.15) is 0 Å². The number of nitrogens with two attached hydrogens (primary N) is 1. The molecule has 2 rings (SSSR count). The molecule has 4 nitrogen and oxygen atoms in total. The number of aryl methyl sites for hydroxylation is 1. The van der Waals surface area contributed by atoms with Crippen LogP contribution >= 0.6 is 11.6 Å². The van der Waals surface area contributed by atoms with Crippen LogP contribution in [0.1, 0.15) is 15.9 Å². The van der Waals surface area contributed by atoms with Crippen LogP contribution in [0.5, 0.6) is 11.5 Å². The number of carbonyl (C=O) groups is 1. The number of hydrogen-bond acceptors (Lipinski definition) is 4. The van der Waals surface area contributed by atoms with E-state index in [9.17, 15) is 4.79 Å². The van der Waals surface area contributed by atoms with Crippen molar-refractivity contribution in [3.63, 3.8) is 0 Å². The third-order valence-electron chi connectivity index (χ3n) is 2.78. The summed E-state index contributed by atoms with van der Waals surface area (Å²) in [5.74, 6) is 0.326. The Morgan fingerprint density at radius 3 is 2.60 bits per heavy atom. The molecule has 0 bridgehead atoms. The lowest BCUT2D eigenvalue weighted by Gasteiger charge is -2.12. The molecule has 0 aromatic heterocycles. The van der Waals surface area contributed by atoms with E-state index in [0.29, 0.717) is 16.5 Å². The lowest BCUT2D eigenvalue weighted by molar-refractivity contribution is 0.0601. The summed E-state index contributed by atoms with van der Waals surface area (Å²) in [6.07, 6.45) is 0. The minimum atomic E-state index is -0.511. The van der Waals surface area contributed by atoms with Crippen LogP contribution in [0.2, 0.25) is 5.02 Å². The van der Waals surface area contributed by atoms with E-state index in [2.05, 4.69) is 4.74 Å². The Morgan fingerprint density at radius 2 is 1.95 bits per heavy atom. The fraction of sp³-hybridized carbons (Fsp3) is 0.133. The van der Waals surface area contributed by atoms with Gasteiger partial charge in [0.05, 0.1) is 23.4 Å². The van der Waals surface area contributed by atoms with Gasteiger partial charge in [0.1, 0.15) is 5.75 Å². The van der Waals surface area contributed by atoms with E-state index in [1.165, 1.54) is 7.11 Å². The fourth-order valence-electron chi connectivity index (χ4n) is 1.73. The average Bonchev–Trinajstić information content (AvgIpc) is 2.43. The first-order valence-electron chi connectivity index (χ1n) is 5.93. The zero-order valence-electron chi connectivity index (χ0n) is 11.1. The number of anilines is 1. The van der Waals surface area contributed by atoms with E-state index in [1.807, 2.05) is 13.0 Å². The third-order valence-corrected chi connectivity index (χ3v) is 3.07. The van der Waals surface area contributed by atoms with Gasteiger partial charge >= 0.3 is 5.97 Å². The van der Waals surface area contributed by atoms with Gasteiger partial charge in [-0.15, -0.1) is 0 Å². The molecule has 2 aromatic rings. The summed E-state index contributed by atoms with van der Waals surface area (Å²) in [5, 5.41) is 0.480. The van der Waals surface area contributed by atoms with Crippen LogP contribution < -0.4 is 10.5 Å².